The van der Waals surface area contributed by atoms with Crippen LogP contribution in [0.15, 0.2) is 18.2 Å². The van der Waals surface area contributed by atoms with E-state index >= 15 is 0 Å². The van der Waals surface area contributed by atoms with Crippen LogP contribution in [-0.4, -0.2) is 24.7 Å². The molecule has 0 atom stereocenters. The van der Waals surface area contributed by atoms with Gasteiger partial charge in [-0.3, -0.25) is 0 Å². The smallest absolute Gasteiger partial charge is 0.344 e. The number of esters is 1. The van der Waals surface area contributed by atoms with E-state index in [-0.39, 0.29) is 18.5 Å². The number of carbonyl (C=O) groups excluding carboxylic acids is 1. The first kappa shape index (κ1) is 16.4. The zero-order valence-electron chi connectivity index (χ0n) is 12.4. The molecule has 0 bridgehead atoms. The average Bonchev–Trinajstić information content (AvgIpc) is 2.34. The van der Waals surface area contributed by atoms with E-state index in [9.17, 15) is 9.18 Å². The molecule has 0 saturated carbocycles. The molecule has 0 spiro atoms. The second kappa shape index (κ2) is 7.85. The molecule has 0 aliphatic carbocycles. The van der Waals surface area contributed by atoms with Gasteiger partial charge in [0.2, 0.25) is 0 Å². The Hall–Kier alpha value is -1.62. The van der Waals surface area contributed by atoms with Gasteiger partial charge in [0.1, 0.15) is 0 Å². The maximum Gasteiger partial charge on any atom is 0.344 e. The van der Waals surface area contributed by atoms with Crippen molar-refractivity contribution in [2.45, 2.75) is 46.4 Å². The largest absolute Gasteiger partial charge is 0.479 e. The molecule has 0 amide bonds. The molecule has 4 nitrogen and oxygen atoms in total. The number of carbonyl (C=O) groups is 1. The first-order valence-electron chi connectivity index (χ1n) is 6.72. The van der Waals surface area contributed by atoms with E-state index < -0.39 is 11.8 Å². The molecular weight excluding hydrogens is 261 g/mol. The minimum atomic E-state index is -0.509. The zero-order valence-corrected chi connectivity index (χ0v) is 12.4. The Balaban J connectivity index is 2.53. The summed E-state index contributed by atoms with van der Waals surface area (Å²) in [5.74, 6) is -0.936. The summed E-state index contributed by atoms with van der Waals surface area (Å²) in [5.41, 5.74) is 0.827. The highest BCUT2D eigenvalue weighted by atomic mass is 19.1. The Morgan fingerprint density at radius 3 is 2.55 bits per heavy atom. The van der Waals surface area contributed by atoms with Gasteiger partial charge in [-0.25, -0.2) is 9.18 Å². The summed E-state index contributed by atoms with van der Waals surface area (Å²) in [6, 6.07) is 5.02. The number of hydrogen-bond donors (Lipinski definition) is 1. The van der Waals surface area contributed by atoms with Crippen LogP contribution < -0.4 is 10.1 Å². The maximum atomic E-state index is 13.8. The Morgan fingerprint density at radius 1 is 1.30 bits per heavy atom. The first-order valence-corrected chi connectivity index (χ1v) is 6.72. The number of hydrogen-bond acceptors (Lipinski definition) is 4. The van der Waals surface area contributed by atoms with E-state index in [1.54, 1.807) is 19.9 Å². The van der Waals surface area contributed by atoms with Crippen LogP contribution in [0.3, 0.4) is 0 Å². The second-order valence-electron chi connectivity index (χ2n) is 5.13. The fourth-order valence-corrected chi connectivity index (χ4v) is 1.53. The number of benzene rings is 1. The molecule has 1 rings (SSSR count). The van der Waals surface area contributed by atoms with Gasteiger partial charge < -0.3 is 14.8 Å². The molecule has 0 saturated heterocycles. The van der Waals surface area contributed by atoms with Gasteiger partial charge in [-0.2, -0.15) is 0 Å². The summed E-state index contributed by atoms with van der Waals surface area (Å²) in [4.78, 5) is 11.3. The van der Waals surface area contributed by atoms with Crippen molar-refractivity contribution in [3.63, 3.8) is 0 Å². The van der Waals surface area contributed by atoms with Crippen molar-refractivity contribution in [1.29, 1.82) is 0 Å². The Bertz CT molecular complexity index is 447. The van der Waals surface area contributed by atoms with E-state index in [2.05, 4.69) is 5.32 Å². The maximum absolute atomic E-state index is 13.8. The molecule has 0 radical (unpaired) electrons. The fraction of sp³-hybridized carbons (Fsp3) is 0.533. The number of ether oxygens (including phenoxy) is 2. The molecule has 1 aromatic rings. The van der Waals surface area contributed by atoms with Crippen LogP contribution in [-0.2, 0) is 16.1 Å². The van der Waals surface area contributed by atoms with Gasteiger partial charge in [-0.15, -0.1) is 0 Å². The third-order valence-electron chi connectivity index (χ3n) is 2.42. The molecule has 5 heteroatoms. The molecular formula is C15H22FNO3. The van der Waals surface area contributed by atoms with Gasteiger partial charge in [0.15, 0.2) is 18.2 Å². The molecule has 0 unspecified atom stereocenters. The standard InChI is InChI=1S/C15H22FNO3/c1-10(2)17-8-12-5-6-14(13(16)7-12)19-9-15(18)20-11(3)4/h5-7,10-11,17H,8-9H2,1-4H3. The van der Waals surface area contributed by atoms with Gasteiger partial charge in [0.05, 0.1) is 6.10 Å². The van der Waals surface area contributed by atoms with Crippen molar-refractivity contribution in [3.8, 4) is 5.75 Å². The summed E-state index contributed by atoms with van der Waals surface area (Å²) >= 11 is 0. The summed E-state index contributed by atoms with van der Waals surface area (Å²) in [5, 5.41) is 3.20. The van der Waals surface area contributed by atoms with Crippen LogP contribution in [0.25, 0.3) is 0 Å². The lowest BCUT2D eigenvalue weighted by molar-refractivity contribution is -0.149. The van der Waals surface area contributed by atoms with Crippen molar-refractivity contribution >= 4 is 5.97 Å². The fourth-order valence-electron chi connectivity index (χ4n) is 1.53. The Kier molecular flexibility index (Phi) is 6.45. The van der Waals surface area contributed by atoms with E-state index in [0.29, 0.717) is 12.6 Å². The third-order valence-corrected chi connectivity index (χ3v) is 2.42. The Morgan fingerprint density at radius 2 is 2.00 bits per heavy atom. The molecule has 0 heterocycles. The first-order chi connectivity index (χ1) is 9.38. The summed E-state index contributed by atoms with van der Waals surface area (Å²) in [6.07, 6.45) is -0.208. The lowest BCUT2D eigenvalue weighted by Gasteiger charge is -2.11. The van der Waals surface area contributed by atoms with Crippen LogP contribution in [0.5, 0.6) is 5.75 Å². The van der Waals surface area contributed by atoms with Crippen molar-refractivity contribution < 1.29 is 18.7 Å². The van der Waals surface area contributed by atoms with Crippen LogP contribution >= 0.6 is 0 Å². The molecule has 0 aromatic heterocycles. The van der Waals surface area contributed by atoms with Gasteiger partial charge in [0.25, 0.3) is 0 Å². The normalized spacial score (nSPS) is 10.9. The van der Waals surface area contributed by atoms with Crippen LogP contribution in [0.4, 0.5) is 4.39 Å². The topological polar surface area (TPSA) is 47.6 Å². The van der Waals surface area contributed by atoms with Crippen LogP contribution in [0.2, 0.25) is 0 Å². The summed E-state index contributed by atoms with van der Waals surface area (Å²) in [6.45, 7) is 7.83. The van der Waals surface area contributed by atoms with Gasteiger partial charge in [-0.1, -0.05) is 19.9 Å². The van der Waals surface area contributed by atoms with E-state index in [1.807, 2.05) is 13.8 Å². The third kappa shape index (κ3) is 6.02. The van der Waals surface area contributed by atoms with Gasteiger partial charge in [-0.05, 0) is 31.5 Å². The highest BCUT2D eigenvalue weighted by Crippen LogP contribution is 2.18. The van der Waals surface area contributed by atoms with Crippen molar-refractivity contribution in [2.75, 3.05) is 6.61 Å². The van der Waals surface area contributed by atoms with Crippen LogP contribution in [0, 0.1) is 5.82 Å². The predicted molar refractivity (Wildman–Crippen MR) is 75.1 cm³/mol. The Labute approximate surface area is 119 Å². The highest BCUT2D eigenvalue weighted by Gasteiger charge is 2.10. The lowest BCUT2D eigenvalue weighted by atomic mass is 10.2. The number of rotatable bonds is 7. The molecule has 0 fully saturated rings. The van der Waals surface area contributed by atoms with E-state index in [1.165, 1.54) is 12.1 Å². The minimum absolute atomic E-state index is 0.0546. The molecule has 20 heavy (non-hydrogen) atoms. The quantitative estimate of drug-likeness (QED) is 0.782. The predicted octanol–water partition coefficient (Wildman–Crippen LogP) is 2.65. The van der Waals surface area contributed by atoms with E-state index in [4.69, 9.17) is 9.47 Å². The molecule has 1 N–H and O–H groups in total. The highest BCUT2D eigenvalue weighted by molar-refractivity contribution is 5.71. The van der Waals surface area contributed by atoms with Crippen molar-refractivity contribution in [2.24, 2.45) is 0 Å². The number of halogens is 1. The second-order valence-corrected chi connectivity index (χ2v) is 5.13. The van der Waals surface area contributed by atoms with Crippen molar-refractivity contribution in [1.82, 2.24) is 5.32 Å². The van der Waals surface area contributed by atoms with E-state index in [0.717, 1.165) is 5.56 Å². The minimum Gasteiger partial charge on any atom is -0.479 e. The number of nitrogens with one attached hydrogen (secondary N) is 1. The molecule has 0 aliphatic heterocycles. The zero-order chi connectivity index (χ0) is 15.1. The van der Waals surface area contributed by atoms with Gasteiger partial charge in [0, 0.05) is 12.6 Å². The van der Waals surface area contributed by atoms with Crippen LogP contribution in [0.1, 0.15) is 33.3 Å². The summed E-state index contributed by atoms with van der Waals surface area (Å²) in [7, 11) is 0. The molecule has 0 aliphatic rings. The molecule has 112 valence electrons. The van der Waals surface area contributed by atoms with Crippen molar-refractivity contribution in [3.05, 3.63) is 29.6 Å². The lowest BCUT2D eigenvalue weighted by Crippen LogP contribution is -2.22. The molecule has 1 aromatic carbocycles. The van der Waals surface area contributed by atoms with Gasteiger partial charge >= 0.3 is 5.97 Å². The monoisotopic (exact) mass is 283 g/mol. The SMILES string of the molecule is CC(C)NCc1ccc(OCC(=O)OC(C)C)c(F)c1. The average molecular weight is 283 g/mol. The summed E-state index contributed by atoms with van der Waals surface area (Å²) < 4.78 is 23.8.